The van der Waals surface area contributed by atoms with Crippen molar-refractivity contribution < 1.29 is 4.79 Å². The van der Waals surface area contributed by atoms with Gasteiger partial charge in [-0.25, -0.2) is 5.84 Å². The molecular weight excluding hydrogens is 214 g/mol. The molecule has 102 valence electrons. The van der Waals surface area contributed by atoms with Gasteiger partial charge in [-0.3, -0.25) is 15.1 Å². The van der Waals surface area contributed by atoms with E-state index in [1.165, 1.54) is 0 Å². The van der Waals surface area contributed by atoms with E-state index in [1.54, 1.807) is 0 Å². The first-order valence-corrected chi connectivity index (χ1v) is 6.63. The molecule has 0 aliphatic carbocycles. The molecule has 0 aromatic carbocycles. The average Bonchev–Trinajstić information content (AvgIpc) is 2.26. The van der Waals surface area contributed by atoms with Crippen LogP contribution in [-0.4, -0.2) is 29.9 Å². The first kappa shape index (κ1) is 16.4. The maximum Gasteiger partial charge on any atom is 0.250 e. The summed E-state index contributed by atoms with van der Waals surface area (Å²) in [5.41, 5.74) is 2.24. The van der Waals surface area contributed by atoms with Crippen LogP contribution in [0.3, 0.4) is 0 Å². The number of nitrogens with one attached hydrogen (secondary N) is 1. The lowest BCUT2D eigenvalue weighted by Gasteiger charge is -2.29. The van der Waals surface area contributed by atoms with Gasteiger partial charge >= 0.3 is 0 Å². The number of carbonyl (C=O) groups excluding carboxylic acids is 1. The predicted octanol–water partition coefficient (Wildman–Crippen LogP) is 1.76. The number of carbonyl (C=O) groups is 1. The number of rotatable bonds is 8. The lowest BCUT2D eigenvalue weighted by molar-refractivity contribution is -0.126. The van der Waals surface area contributed by atoms with E-state index in [0.717, 1.165) is 25.9 Å². The molecule has 0 spiro atoms. The van der Waals surface area contributed by atoms with Gasteiger partial charge in [0.25, 0.3) is 5.91 Å². The molecule has 1 amide bonds. The monoisotopic (exact) mass is 243 g/mol. The van der Waals surface area contributed by atoms with Crippen LogP contribution in [-0.2, 0) is 4.79 Å². The normalized spacial score (nSPS) is 13.5. The SMILES string of the molecule is CC(C)CCN(CCC(C)C)C(C)C(=O)NN. The second-order valence-electron chi connectivity index (χ2n) is 5.59. The first-order chi connectivity index (χ1) is 7.88. The van der Waals surface area contributed by atoms with Crippen LogP contribution in [0.2, 0.25) is 0 Å². The van der Waals surface area contributed by atoms with Crippen molar-refractivity contribution in [2.45, 2.75) is 53.5 Å². The minimum Gasteiger partial charge on any atom is -0.293 e. The fourth-order valence-corrected chi connectivity index (χ4v) is 1.63. The lowest BCUT2D eigenvalue weighted by Crippen LogP contribution is -2.48. The highest BCUT2D eigenvalue weighted by molar-refractivity contribution is 5.80. The van der Waals surface area contributed by atoms with Crippen molar-refractivity contribution in [1.29, 1.82) is 0 Å². The predicted molar refractivity (Wildman–Crippen MR) is 72.3 cm³/mol. The van der Waals surface area contributed by atoms with Gasteiger partial charge in [-0.05, 0) is 44.7 Å². The minimum absolute atomic E-state index is 0.0995. The summed E-state index contributed by atoms with van der Waals surface area (Å²) in [6.07, 6.45) is 2.22. The molecule has 1 atom stereocenters. The molecular formula is C13H29N3O. The van der Waals surface area contributed by atoms with E-state index in [9.17, 15) is 4.79 Å². The summed E-state index contributed by atoms with van der Waals surface area (Å²) in [5, 5.41) is 0. The first-order valence-electron chi connectivity index (χ1n) is 6.63. The fourth-order valence-electron chi connectivity index (χ4n) is 1.63. The molecule has 3 N–H and O–H groups in total. The Balaban J connectivity index is 4.32. The highest BCUT2D eigenvalue weighted by atomic mass is 16.2. The van der Waals surface area contributed by atoms with Crippen LogP contribution in [0.25, 0.3) is 0 Å². The van der Waals surface area contributed by atoms with E-state index in [4.69, 9.17) is 5.84 Å². The summed E-state index contributed by atoms with van der Waals surface area (Å²) in [5.74, 6) is 6.41. The molecule has 4 heteroatoms. The van der Waals surface area contributed by atoms with Crippen molar-refractivity contribution in [3.05, 3.63) is 0 Å². The molecule has 1 unspecified atom stereocenters. The van der Waals surface area contributed by atoms with E-state index in [2.05, 4.69) is 38.0 Å². The number of hydrogen-bond donors (Lipinski definition) is 2. The van der Waals surface area contributed by atoms with Gasteiger partial charge in [0, 0.05) is 0 Å². The third kappa shape index (κ3) is 7.34. The number of nitrogens with two attached hydrogens (primary N) is 1. The highest BCUT2D eigenvalue weighted by Gasteiger charge is 2.20. The minimum atomic E-state index is -0.141. The Morgan fingerprint density at radius 1 is 1.06 bits per heavy atom. The average molecular weight is 243 g/mol. The molecule has 0 rings (SSSR count). The van der Waals surface area contributed by atoms with Gasteiger partial charge in [-0.15, -0.1) is 0 Å². The summed E-state index contributed by atoms with van der Waals surface area (Å²) in [7, 11) is 0. The van der Waals surface area contributed by atoms with Crippen molar-refractivity contribution >= 4 is 5.91 Å². The van der Waals surface area contributed by atoms with Crippen molar-refractivity contribution in [2.24, 2.45) is 17.7 Å². The van der Waals surface area contributed by atoms with Crippen LogP contribution in [0.15, 0.2) is 0 Å². The Kier molecular flexibility index (Phi) is 8.17. The maximum atomic E-state index is 11.6. The number of nitrogens with zero attached hydrogens (tertiary/aromatic N) is 1. The molecule has 0 heterocycles. The van der Waals surface area contributed by atoms with Gasteiger partial charge in [-0.1, -0.05) is 27.7 Å². The largest absolute Gasteiger partial charge is 0.293 e. The zero-order chi connectivity index (χ0) is 13.4. The molecule has 0 aliphatic heterocycles. The molecule has 0 radical (unpaired) electrons. The van der Waals surface area contributed by atoms with E-state index in [0.29, 0.717) is 11.8 Å². The van der Waals surface area contributed by atoms with E-state index in [1.807, 2.05) is 6.92 Å². The molecule has 0 bridgehead atoms. The van der Waals surface area contributed by atoms with Crippen molar-refractivity contribution in [1.82, 2.24) is 10.3 Å². The Morgan fingerprint density at radius 3 is 1.76 bits per heavy atom. The summed E-state index contributed by atoms with van der Waals surface area (Å²) in [4.78, 5) is 13.8. The Bertz CT molecular complexity index is 205. The van der Waals surface area contributed by atoms with Gasteiger partial charge < -0.3 is 0 Å². The van der Waals surface area contributed by atoms with Crippen molar-refractivity contribution in [2.75, 3.05) is 13.1 Å². The highest BCUT2D eigenvalue weighted by Crippen LogP contribution is 2.09. The molecule has 0 aromatic heterocycles. The lowest BCUT2D eigenvalue weighted by atomic mass is 10.1. The molecule has 17 heavy (non-hydrogen) atoms. The topological polar surface area (TPSA) is 58.4 Å². The Morgan fingerprint density at radius 2 is 1.47 bits per heavy atom. The zero-order valence-electron chi connectivity index (χ0n) is 12.0. The molecule has 0 saturated carbocycles. The van der Waals surface area contributed by atoms with Gasteiger partial charge in [0.05, 0.1) is 6.04 Å². The van der Waals surface area contributed by atoms with Crippen LogP contribution in [0.1, 0.15) is 47.5 Å². The molecule has 4 nitrogen and oxygen atoms in total. The summed E-state index contributed by atoms with van der Waals surface area (Å²) in [6.45, 7) is 12.6. The molecule has 0 fully saturated rings. The van der Waals surface area contributed by atoms with Gasteiger partial charge in [-0.2, -0.15) is 0 Å². The number of hydrogen-bond acceptors (Lipinski definition) is 3. The fraction of sp³-hybridized carbons (Fsp3) is 0.923. The van der Waals surface area contributed by atoms with E-state index < -0.39 is 0 Å². The second kappa shape index (κ2) is 8.48. The smallest absolute Gasteiger partial charge is 0.250 e. The molecule has 0 saturated heterocycles. The molecule has 0 aromatic rings. The maximum absolute atomic E-state index is 11.6. The molecule has 0 aliphatic rings. The van der Waals surface area contributed by atoms with E-state index in [-0.39, 0.29) is 11.9 Å². The Labute approximate surface area is 106 Å². The van der Waals surface area contributed by atoms with E-state index >= 15 is 0 Å². The third-order valence-electron chi connectivity index (χ3n) is 3.06. The summed E-state index contributed by atoms with van der Waals surface area (Å²) >= 11 is 0. The summed E-state index contributed by atoms with van der Waals surface area (Å²) in [6, 6.07) is -0.141. The van der Waals surface area contributed by atoms with Crippen LogP contribution >= 0.6 is 0 Å². The van der Waals surface area contributed by atoms with Crippen LogP contribution < -0.4 is 11.3 Å². The number of amides is 1. The van der Waals surface area contributed by atoms with Gasteiger partial charge in [0.15, 0.2) is 0 Å². The van der Waals surface area contributed by atoms with Crippen LogP contribution in [0, 0.1) is 11.8 Å². The van der Waals surface area contributed by atoms with Crippen LogP contribution in [0.5, 0.6) is 0 Å². The Hall–Kier alpha value is -0.610. The standard InChI is InChI=1S/C13H29N3O/c1-10(2)6-8-16(9-7-11(3)4)12(5)13(17)15-14/h10-12H,6-9,14H2,1-5H3,(H,15,17). The zero-order valence-corrected chi connectivity index (χ0v) is 12.0. The van der Waals surface area contributed by atoms with Crippen molar-refractivity contribution in [3.63, 3.8) is 0 Å². The van der Waals surface area contributed by atoms with Gasteiger partial charge in [0.1, 0.15) is 0 Å². The second-order valence-corrected chi connectivity index (χ2v) is 5.59. The summed E-state index contributed by atoms with van der Waals surface area (Å²) < 4.78 is 0. The quantitative estimate of drug-likeness (QED) is 0.388. The third-order valence-corrected chi connectivity index (χ3v) is 3.06. The number of hydrazine groups is 1. The van der Waals surface area contributed by atoms with Crippen molar-refractivity contribution in [3.8, 4) is 0 Å². The van der Waals surface area contributed by atoms with Gasteiger partial charge in [0.2, 0.25) is 0 Å². The van der Waals surface area contributed by atoms with Crippen LogP contribution in [0.4, 0.5) is 0 Å².